The lowest BCUT2D eigenvalue weighted by Gasteiger charge is -2.42. The van der Waals surface area contributed by atoms with E-state index in [-0.39, 0.29) is 69.5 Å². The normalized spacial score (nSPS) is 23.5. The molecule has 5 saturated heterocycles. The average Bonchev–Trinajstić information content (AvgIpc) is 4.01. The van der Waals surface area contributed by atoms with Crippen LogP contribution >= 0.6 is 12.6 Å². The van der Waals surface area contributed by atoms with Crippen LogP contribution in [0.15, 0.2) is 0 Å². The van der Waals surface area contributed by atoms with Crippen LogP contribution in [-0.4, -0.2) is 243 Å². The molecule has 6 unspecified atom stereocenters. The van der Waals surface area contributed by atoms with Gasteiger partial charge in [-0.25, -0.2) is 0 Å². The Morgan fingerprint density at radius 1 is 0.667 bits per heavy atom. The number of esters is 3. The Morgan fingerprint density at radius 3 is 1.56 bits per heavy atom. The van der Waals surface area contributed by atoms with Crippen molar-refractivity contribution in [3.63, 3.8) is 0 Å². The number of morpholine rings is 1. The van der Waals surface area contributed by atoms with Crippen molar-refractivity contribution >= 4 is 30.5 Å². The molecule has 5 aliphatic heterocycles. The number of rotatable bonds is 16. The van der Waals surface area contributed by atoms with Crippen LogP contribution in [0.3, 0.4) is 0 Å². The van der Waals surface area contributed by atoms with Crippen LogP contribution in [0, 0.1) is 11.8 Å². The molecule has 15 nitrogen and oxygen atoms in total. The van der Waals surface area contributed by atoms with E-state index >= 15 is 0 Å². The fourth-order valence-electron chi connectivity index (χ4n) is 8.78. The standard InChI is InChI=1S/C12H20O5S.C9H17NO2.C8H18N2.C7H15NO.C7H15N.C6H16N.C5H13N.2CH4/c1-6-7(2)11(16-9(4)14)12(18)17-10(6)5-15-8(3)13;1-3-6-10-7-4-5-8(10)9(11)12-2;1-3-4-10-7-5-9(2)6-8-10;1-2-3-8-4-6-9-7-5-8;1-2-5-8-6-3-4-7-8;1-5-6-7(2,3)4;1-4-5-6(2)3;;/h6-7,10-12,18H,5H2,1-4H3;8H,3-7H2,1-2H3;3-8H2,1-2H3;2-7H2,1H3;2-7H2,1H3;5-6H2,1-4H3;4-5H2,1-3H3;2*1H4/q;;;;;+1;;;. The van der Waals surface area contributed by atoms with Crippen LogP contribution < -0.4 is 0 Å². The molecule has 5 heterocycles. The SMILES string of the molecule is C.C.CC(=O)OCC1OC(S)C(OC(C)=O)C(C)C1C.CCCN(C)C.CCCN1CCCC1.CCCN1CCCC1C(=O)OC.CCCN1CCN(C)CC1.CCCN1CCOCC1.CCC[N+](C)(C)C. The summed E-state index contributed by atoms with van der Waals surface area (Å²) in [5.41, 5.74) is -0.499. The number of carbonyl (C=O) groups is 3. The Hall–Kier alpha value is -1.60. The van der Waals surface area contributed by atoms with Crippen molar-refractivity contribution in [3.8, 4) is 0 Å². The maximum absolute atomic E-state index is 11.2. The van der Waals surface area contributed by atoms with Crippen molar-refractivity contribution in [2.45, 2.75) is 172 Å². The van der Waals surface area contributed by atoms with Crippen LogP contribution in [-0.2, 0) is 38.1 Å². The summed E-state index contributed by atoms with van der Waals surface area (Å²) < 4.78 is 26.8. The van der Waals surface area contributed by atoms with Gasteiger partial charge in [0.05, 0.1) is 54.1 Å². The van der Waals surface area contributed by atoms with Crippen molar-refractivity contribution in [3.05, 3.63) is 0 Å². The maximum atomic E-state index is 11.2. The zero-order chi connectivity index (χ0) is 53.5. The second-order valence-corrected chi connectivity index (χ2v) is 21.4. The van der Waals surface area contributed by atoms with E-state index in [1.54, 1.807) is 0 Å². The minimum atomic E-state index is -0.499. The molecule has 0 aliphatic carbocycles. The van der Waals surface area contributed by atoms with Gasteiger partial charge in [-0.05, 0) is 144 Å². The van der Waals surface area contributed by atoms with Crippen molar-refractivity contribution in [2.24, 2.45) is 11.8 Å². The van der Waals surface area contributed by atoms with Gasteiger partial charge in [0.25, 0.3) is 0 Å². The molecule has 16 heteroatoms. The third kappa shape index (κ3) is 40.7. The fourth-order valence-corrected chi connectivity index (χ4v) is 9.27. The molecule has 6 atom stereocenters. The molecule has 5 fully saturated rings. The molecule has 0 N–H and O–H groups in total. The Morgan fingerprint density at radius 2 is 1.17 bits per heavy atom. The quantitative estimate of drug-likeness (QED) is 0.0688. The average molecular weight is 1050 g/mol. The van der Waals surface area contributed by atoms with Gasteiger partial charge in [-0.3, -0.25) is 24.2 Å². The lowest BCUT2D eigenvalue weighted by Crippen LogP contribution is -2.50. The number of likely N-dealkylation sites (tertiary alicyclic amines) is 2. The largest absolute Gasteiger partial charge is 0.468 e. The van der Waals surface area contributed by atoms with Gasteiger partial charge in [0.15, 0.2) is 0 Å². The zero-order valence-corrected chi connectivity index (χ0v) is 49.5. The van der Waals surface area contributed by atoms with Gasteiger partial charge >= 0.3 is 17.9 Å². The summed E-state index contributed by atoms with van der Waals surface area (Å²) in [7, 11) is 14.5. The van der Waals surface area contributed by atoms with Gasteiger partial charge in [-0.1, -0.05) is 70.2 Å². The van der Waals surface area contributed by atoms with Crippen molar-refractivity contribution in [2.75, 3.05) is 167 Å². The summed E-state index contributed by atoms with van der Waals surface area (Å²) in [6.45, 7) is 40.4. The Kier molecular flexibility index (Phi) is 51.1. The molecule has 0 spiro atoms. The second kappa shape index (κ2) is 47.8. The number of carbonyl (C=O) groups excluding carboxylic acids is 3. The number of piperazine rings is 1. The lowest BCUT2D eigenvalue weighted by atomic mass is 9.84. The molecule has 5 aliphatic rings. The Balaban J connectivity index is -0.000000384. The summed E-state index contributed by atoms with van der Waals surface area (Å²) in [6.07, 6.45) is 11.9. The molecular weight excluding hydrogens is 931 g/mol. The first-order valence-corrected chi connectivity index (χ1v) is 28.0. The lowest BCUT2D eigenvalue weighted by molar-refractivity contribution is -0.870. The summed E-state index contributed by atoms with van der Waals surface area (Å²) in [4.78, 5) is 47.4. The van der Waals surface area contributed by atoms with E-state index in [9.17, 15) is 14.4 Å². The van der Waals surface area contributed by atoms with Crippen molar-refractivity contribution in [1.29, 1.82) is 0 Å². The van der Waals surface area contributed by atoms with Gasteiger partial charge in [0.1, 0.15) is 24.2 Å². The molecule has 0 saturated carbocycles. The first-order chi connectivity index (χ1) is 33.1. The first-order valence-electron chi connectivity index (χ1n) is 27.5. The predicted octanol–water partition coefficient (Wildman–Crippen LogP) is 8.64. The van der Waals surface area contributed by atoms with Crippen molar-refractivity contribution in [1.82, 2.24) is 29.4 Å². The maximum Gasteiger partial charge on any atom is 0.323 e. The van der Waals surface area contributed by atoms with E-state index in [1.807, 2.05) is 13.8 Å². The minimum absolute atomic E-state index is 0. The molecular formula is C56H122N7O8S+. The highest BCUT2D eigenvalue weighted by molar-refractivity contribution is 7.80. The van der Waals surface area contributed by atoms with Crippen LogP contribution in [0.25, 0.3) is 0 Å². The second-order valence-electron chi connectivity index (χ2n) is 20.8. The van der Waals surface area contributed by atoms with Gasteiger partial charge in [0.2, 0.25) is 0 Å². The number of nitrogens with zero attached hydrogens (tertiary/aromatic N) is 7. The monoisotopic (exact) mass is 1050 g/mol. The van der Waals surface area contributed by atoms with E-state index in [4.69, 9.17) is 23.7 Å². The first kappa shape index (κ1) is 76.9. The smallest absolute Gasteiger partial charge is 0.323 e. The highest BCUT2D eigenvalue weighted by Crippen LogP contribution is 2.34. The molecule has 434 valence electrons. The number of likely N-dealkylation sites (N-methyl/N-ethyl adjacent to an activating group) is 1. The molecule has 0 aromatic rings. The summed E-state index contributed by atoms with van der Waals surface area (Å²) >= 11 is 4.29. The Bertz CT molecular complexity index is 1240. The predicted molar refractivity (Wildman–Crippen MR) is 308 cm³/mol. The highest BCUT2D eigenvalue weighted by Gasteiger charge is 2.42. The van der Waals surface area contributed by atoms with E-state index in [0.717, 1.165) is 63.1 Å². The van der Waals surface area contributed by atoms with E-state index in [1.165, 1.54) is 138 Å². The van der Waals surface area contributed by atoms with Gasteiger partial charge in [0, 0.05) is 59.0 Å². The molecule has 5 rings (SSSR count). The van der Waals surface area contributed by atoms with Crippen LogP contribution in [0.5, 0.6) is 0 Å². The number of quaternary nitrogens is 1. The van der Waals surface area contributed by atoms with Crippen LogP contribution in [0.4, 0.5) is 0 Å². The Labute approximate surface area is 452 Å². The van der Waals surface area contributed by atoms with E-state index < -0.39 is 5.44 Å². The minimum Gasteiger partial charge on any atom is -0.468 e. The number of methoxy groups -OCH3 is 1. The number of thiol groups is 1. The van der Waals surface area contributed by atoms with Crippen LogP contribution in [0.1, 0.15) is 148 Å². The van der Waals surface area contributed by atoms with Gasteiger partial charge < -0.3 is 47.8 Å². The molecule has 0 amide bonds. The molecule has 0 bridgehead atoms. The molecule has 0 aromatic carbocycles. The van der Waals surface area contributed by atoms with E-state index in [0.29, 0.717) is 0 Å². The third-order valence-corrected chi connectivity index (χ3v) is 13.1. The van der Waals surface area contributed by atoms with Crippen molar-refractivity contribution < 1.29 is 42.6 Å². The highest BCUT2D eigenvalue weighted by atomic mass is 32.1. The summed E-state index contributed by atoms with van der Waals surface area (Å²) in [6, 6.07) is 0.0370. The topological polar surface area (TPSA) is 117 Å². The van der Waals surface area contributed by atoms with E-state index in [2.05, 4.69) is 126 Å². The number of ether oxygens (including phenoxy) is 5. The summed E-state index contributed by atoms with van der Waals surface area (Å²) in [5.74, 6) is -0.555. The molecule has 72 heavy (non-hydrogen) atoms. The fraction of sp³-hybridized carbons (Fsp3) is 0.946. The molecule has 0 aromatic heterocycles. The third-order valence-electron chi connectivity index (χ3n) is 12.7. The zero-order valence-electron chi connectivity index (χ0n) is 48.6. The van der Waals surface area contributed by atoms with Gasteiger partial charge in [-0.15, -0.1) is 12.6 Å². The van der Waals surface area contributed by atoms with Gasteiger partial charge in [-0.2, -0.15) is 0 Å². The number of hydrogen-bond donors (Lipinski definition) is 1. The number of hydrogen-bond acceptors (Lipinski definition) is 15. The molecule has 0 radical (unpaired) electrons. The summed E-state index contributed by atoms with van der Waals surface area (Å²) in [5, 5.41) is 0. The van der Waals surface area contributed by atoms with Crippen LogP contribution in [0.2, 0.25) is 0 Å².